The Morgan fingerprint density at radius 1 is 1.08 bits per heavy atom. The van der Waals surface area contributed by atoms with Crippen LogP contribution in [0.2, 0.25) is 0 Å². The molecule has 4 N–H and O–H groups in total. The molecule has 8 nitrogen and oxygen atoms in total. The maximum Gasteiger partial charge on any atom is 0.247 e. The van der Waals surface area contributed by atoms with Gasteiger partial charge in [-0.25, -0.2) is 0 Å². The average molecular weight is 530 g/mol. The van der Waals surface area contributed by atoms with Gasteiger partial charge in [-0.15, -0.1) is 0 Å². The summed E-state index contributed by atoms with van der Waals surface area (Å²) >= 11 is 0. The molecule has 8 heteroatoms. The molecule has 0 unspecified atom stereocenters. The molecule has 0 bridgehead atoms. The number of nitrogens with zero attached hydrogens (tertiary/aromatic N) is 1. The maximum absolute atomic E-state index is 13.9. The number of H-pyrrole nitrogens is 1. The largest absolute Gasteiger partial charge is 0.486 e. The van der Waals surface area contributed by atoms with Crippen LogP contribution >= 0.6 is 0 Å². The zero-order chi connectivity index (χ0) is 26.9. The third kappa shape index (κ3) is 4.83. The molecule has 1 aromatic heterocycles. The molecule has 39 heavy (non-hydrogen) atoms. The summed E-state index contributed by atoms with van der Waals surface area (Å²) in [6, 6.07) is 17.0. The number of ether oxygens (including phenoxy) is 1. The van der Waals surface area contributed by atoms with Gasteiger partial charge in [-0.3, -0.25) is 9.59 Å². The third-order valence-corrected chi connectivity index (χ3v) is 8.43. The first kappa shape index (κ1) is 25.6. The van der Waals surface area contributed by atoms with E-state index in [0.717, 1.165) is 47.8 Å². The highest BCUT2D eigenvalue weighted by Crippen LogP contribution is 2.47. The van der Waals surface area contributed by atoms with Crippen LogP contribution in [-0.2, 0) is 16.0 Å². The van der Waals surface area contributed by atoms with Crippen LogP contribution in [0.5, 0.6) is 5.75 Å². The van der Waals surface area contributed by atoms with Gasteiger partial charge >= 0.3 is 0 Å². The van der Waals surface area contributed by atoms with Gasteiger partial charge in [0, 0.05) is 47.8 Å². The van der Waals surface area contributed by atoms with Gasteiger partial charge in [-0.1, -0.05) is 49.2 Å². The number of amides is 2. The predicted octanol–water partition coefficient (Wildman–Crippen LogP) is 3.05. The summed E-state index contributed by atoms with van der Waals surface area (Å²) in [5.41, 5.74) is 3.36. The fourth-order valence-electron chi connectivity index (χ4n) is 6.51. The van der Waals surface area contributed by atoms with Crippen molar-refractivity contribution in [3.05, 3.63) is 77.5 Å². The van der Waals surface area contributed by atoms with Crippen LogP contribution in [0.25, 0.3) is 10.9 Å². The number of hydrogen-bond acceptors (Lipinski definition) is 5. The highest BCUT2D eigenvalue weighted by Gasteiger charge is 2.50. The van der Waals surface area contributed by atoms with Gasteiger partial charge in [0.1, 0.15) is 18.0 Å². The zero-order valence-corrected chi connectivity index (χ0v) is 21.9. The van der Waals surface area contributed by atoms with Crippen molar-refractivity contribution in [2.24, 2.45) is 5.92 Å². The summed E-state index contributed by atoms with van der Waals surface area (Å²) in [5, 5.41) is 24.9. The molecule has 1 saturated carbocycles. The van der Waals surface area contributed by atoms with Gasteiger partial charge in [-0.2, -0.15) is 0 Å². The normalized spacial score (nSPS) is 24.1. The first-order chi connectivity index (χ1) is 19.0. The number of aliphatic hydroxyl groups excluding tert-OH is 2. The van der Waals surface area contributed by atoms with E-state index in [4.69, 9.17) is 4.74 Å². The van der Waals surface area contributed by atoms with E-state index in [0.29, 0.717) is 24.3 Å². The van der Waals surface area contributed by atoms with Crippen molar-refractivity contribution in [1.29, 1.82) is 0 Å². The highest BCUT2D eigenvalue weighted by atomic mass is 16.5. The lowest BCUT2D eigenvalue weighted by molar-refractivity contribution is -0.141. The number of nitrogens with one attached hydrogen (secondary N) is 2. The third-order valence-electron chi connectivity index (χ3n) is 8.43. The van der Waals surface area contributed by atoms with Gasteiger partial charge in [0.15, 0.2) is 0 Å². The molecule has 0 spiro atoms. The summed E-state index contributed by atoms with van der Waals surface area (Å²) in [6.07, 6.45) is 4.37. The molecule has 204 valence electrons. The number of hydrogen-bond donors (Lipinski definition) is 4. The molecule has 0 saturated heterocycles. The van der Waals surface area contributed by atoms with Crippen LogP contribution in [0.15, 0.2) is 66.2 Å². The SMILES string of the molecule is O=C(NCCO)C1=C[C@@H](N(CCc2cc3ccccc3[nH]2)C(=O)C2CCCC2)[C@H](O)[C@H]2Oc3ccccc3[C@@H]12. The number of carbonyl (C=O) groups excluding carboxylic acids is 2. The lowest BCUT2D eigenvalue weighted by Gasteiger charge is -2.41. The molecule has 0 radical (unpaired) electrons. The molecule has 2 amide bonds. The molecule has 3 aliphatic rings. The molecule has 1 aliphatic heterocycles. The first-order valence-corrected chi connectivity index (χ1v) is 14.0. The standard InChI is InChI=1S/C31H35N3O5/c35-16-14-32-30(37)23-18-25(28(36)29-27(23)22-10-4-6-12-26(22)39-29)34(31(38)19-7-1-2-8-19)15-13-21-17-20-9-3-5-11-24(20)33-21/h3-6,9-12,17-19,25,27-29,33,35-36H,1-2,7-8,13-16H2,(H,32,37)/t25-,27+,28+,29+/m1/s1. The topological polar surface area (TPSA) is 115 Å². The zero-order valence-electron chi connectivity index (χ0n) is 21.9. The van der Waals surface area contributed by atoms with Crippen LogP contribution < -0.4 is 10.1 Å². The van der Waals surface area contributed by atoms with E-state index in [-0.39, 0.29) is 30.9 Å². The van der Waals surface area contributed by atoms with Crippen LogP contribution in [-0.4, -0.2) is 69.9 Å². The Morgan fingerprint density at radius 3 is 2.64 bits per heavy atom. The fraction of sp³-hybridized carbons (Fsp3) is 0.419. The van der Waals surface area contributed by atoms with Gasteiger partial charge in [0.25, 0.3) is 0 Å². The van der Waals surface area contributed by atoms with Crippen molar-refractivity contribution >= 4 is 22.7 Å². The second-order valence-electron chi connectivity index (χ2n) is 10.8. The van der Waals surface area contributed by atoms with E-state index < -0.39 is 24.2 Å². The van der Waals surface area contributed by atoms with Crippen molar-refractivity contribution in [3.8, 4) is 5.75 Å². The van der Waals surface area contributed by atoms with Crippen LogP contribution in [0, 0.1) is 5.92 Å². The number of carbonyl (C=O) groups is 2. The van der Waals surface area contributed by atoms with Gasteiger partial charge in [-0.05, 0) is 42.5 Å². The van der Waals surface area contributed by atoms with Crippen molar-refractivity contribution < 1.29 is 24.5 Å². The van der Waals surface area contributed by atoms with Crippen molar-refractivity contribution in [2.45, 2.75) is 56.3 Å². The van der Waals surface area contributed by atoms with Crippen LogP contribution in [0.1, 0.15) is 42.9 Å². The molecule has 3 aromatic rings. The first-order valence-electron chi connectivity index (χ1n) is 14.0. The van der Waals surface area contributed by atoms with Crippen LogP contribution in [0.4, 0.5) is 0 Å². The monoisotopic (exact) mass is 529 g/mol. The molecular weight excluding hydrogens is 494 g/mol. The molecule has 6 rings (SSSR count). The molecule has 2 heterocycles. The minimum atomic E-state index is -1.01. The Kier molecular flexibility index (Phi) is 7.14. The van der Waals surface area contributed by atoms with E-state index in [1.54, 1.807) is 11.0 Å². The molecular formula is C31H35N3O5. The lowest BCUT2D eigenvalue weighted by atomic mass is 9.77. The number of aromatic nitrogens is 1. The number of rotatable bonds is 8. The Hall–Kier alpha value is -3.62. The quantitative estimate of drug-likeness (QED) is 0.358. The Labute approximate surface area is 227 Å². The molecule has 1 fully saturated rings. The maximum atomic E-state index is 13.9. The van der Waals surface area contributed by atoms with Crippen LogP contribution in [0.3, 0.4) is 0 Å². The van der Waals surface area contributed by atoms with E-state index in [2.05, 4.69) is 22.4 Å². The minimum Gasteiger partial charge on any atom is -0.486 e. The lowest BCUT2D eigenvalue weighted by Crippen LogP contribution is -2.57. The molecule has 4 atom stereocenters. The van der Waals surface area contributed by atoms with Crippen molar-refractivity contribution in [1.82, 2.24) is 15.2 Å². The summed E-state index contributed by atoms with van der Waals surface area (Å²) in [7, 11) is 0. The van der Waals surface area contributed by atoms with E-state index in [9.17, 15) is 19.8 Å². The highest BCUT2D eigenvalue weighted by molar-refractivity contribution is 5.96. The van der Waals surface area contributed by atoms with Crippen molar-refractivity contribution in [2.75, 3.05) is 19.7 Å². The Morgan fingerprint density at radius 2 is 1.85 bits per heavy atom. The smallest absolute Gasteiger partial charge is 0.247 e. The van der Waals surface area contributed by atoms with Crippen molar-refractivity contribution in [3.63, 3.8) is 0 Å². The summed E-state index contributed by atoms with van der Waals surface area (Å²) in [6.45, 7) is 0.341. The van der Waals surface area contributed by atoms with E-state index in [1.807, 2.05) is 42.5 Å². The Bertz CT molecular complexity index is 1360. The number of fused-ring (bicyclic) bond motifs is 4. The Balaban J connectivity index is 1.35. The molecule has 2 aromatic carbocycles. The number of benzene rings is 2. The summed E-state index contributed by atoms with van der Waals surface area (Å²) in [5.74, 6) is -0.199. The summed E-state index contributed by atoms with van der Waals surface area (Å²) in [4.78, 5) is 32.5. The summed E-state index contributed by atoms with van der Waals surface area (Å²) < 4.78 is 6.23. The van der Waals surface area contributed by atoms with Gasteiger partial charge in [0.05, 0.1) is 18.6 Å². The second-order valence-corrected chi connectivity index (χ2v) is 10.8. The van der Waals surface area contributed by atoms with Gasteiger partial charge < -0.3 is 30.2 Å². The fourth-order valence-corrected chi connectivity index (χ4v) is 6.51. The van der Waals surface area contributed by atoms with E-state index in [1.165, 1.54) is 0 Å². The second kappa shape index (κ2) is 10.9. The number of para-hydroxylation sites is 2. The number of aliphatic hydroxyl groups is 2. The van der Waals surface area contributed by atoms with Gasteiger partial charge in [0.2, 0.25) is 11.8 Å². The van der Waals surface area contributed by atoms with E-state index >= 15 is 0 Å². The minimum absolute atomic E-state index is 0.0213. The number of aromatic amines is 1. The molecule has 2 aliphatic carbocycles. The average Bonchev–Trinajstić information content (AvgIpc) is 3.71. The predicted molar refractivity (Wildman–Crippen MR) is 147 cm³/mol.